The van der Waals surface area contributed by atoms with Gasteiger partial charge in [0, 0.05) is 21.2 Å². The fourth-order valence-electron chi connectivity index (χ4n) is 1.62. The van der Waals surface area contributed by atoms with Crippen LogP contribution in [0.1, 0.15) is 29.2 Å². The van der Waals surface area contributed by atoms with Gasteiger partial charge in [0.2, 0.25) is 0 Å². The molecular weight excluding hydrogens is 310 g/mol. The van der Waals surface area contributed by atoms with Gasteiger partial charge < -0.3 is 5.32 Å². The van der Waals surface area contributed by atoms with Crippen molar-refractivity contribution in [3.8, 4) is 6.07 Å². The minimum absolute atomic E-state index is 0.129. The molecule has 0 saturated carbocycles. The summed E-state index contributed by atoms with van der Waals surface area (Å²) in [4.78, 5) is 4.45. The van der Waals surface area contributed by atoms with Crippen molar-refractivity contribution in [1.29, 1.82) is 5.26 Å². The summed E-state index contributed by atoms with van der Waals surface area (Å²) in [5.41, 5.74) is 2.59. The molecule has 1 aromatic carbocycles. The van der Waals surface area contributed by atoms with Crippen molar-refractivity contribution in [3.05, 3.63) is 44.3 Å². The van der Waals surface area contributed by atoms with Crippen LogP contribution in [0.2, 0.25) is 0 Å². The molecule has 1 aromatic heterocycles. The number of aryl methyl sites for hydroxylation is 1. The summed E-state index contributed by atoms with van der Waals surface area (Å²) in [5, 5.41) is 15.4. The van der Waals surface area contributed by atoms with Crippen LogP contribution in [-0.2, 0) is 0 Å². The average molecular weight is 322 g/mol. The zero-order chi connectivity index (χ0) is 13.1. The topological polar surface area (TPSA) is 48.7 Å². The van der Waals surface area contributed by atoms with Crippen LogP contribution in [0, 0.1) is 18.3 Å². The molecule has 18 heavy (non-hydrogen) atoms. The molecule has 1 heterocycles. The third kappa shape index (κ3) is 3.09. The summed E-state index contributed by atoms with van der Waals surface area (Å²) in [6.07, 6.45) is 0. The lowest BCUT2D eigenvalue weighted by Crippen LogP contribution is -2.06. The summed E-state index contributed by atoms with van der Waals surface area (Å²) < 4.78 is 0.895. The smallest absolute Gasteiger partial charge is 0.115 e. The van der Waals surface area contributed by atoms with Crippen molar-refractivity contribution in [1.82, 2.24) is 4.98 Å². The average Bonchev–Trinajstić information content (AvgIpc) is 2.75. The first kappa shape index (κ1) is 13.1. The molecule has 92 valence electrons. The van der Waals surface area contributed by atoms with Gasteiger partial charge in [-0.15, -0.1) is 11.3 Å². The predicted molar refractivity (Wildman–Crippen MR) is 77.7 cm³/mol. The third-order valence-corrected chi connectivity index (χ3v) is 4.02. The number of hydrogen-bond donors (Lipinski definition) is 1. The molecule has 1 N–H and O–H groups in total. The molecule has 5 heteroatoms. The van der Waals surface area contributed by atoms with E-state index < -0.39 is 0 Å². The number of nitrogens with zero attached hydrogens (tertiary/aromatic N) is 2. The summed E-state index contributed by atoms with van der Waals surface area (Å²) in [6.45, 7) is 4.05. The molecule has 0 aliphatic heterocycles. The van der Waals surface area contributed by atoms with E-state index in [0.29, 0.717) is 5.56 Å². The normalized spacial score (nSPS) is 11.9. The van der Waals surface area contributed by atoms with Crippen LogP contribution >= 0.6 is 27.3 Å². The summed E-state index contributed by atoms with van der Waals surface area (Å²) in [5.74, 6) is 0. The van der Waals surface area contributed by atoms with Crippen LogP contribution in [0.3, 0.4) is 0 Å². The SMILES string of the molecule is Cc1csc(C(C)Nc2cc(Br)cc(C#N)c2)n1. The van der Waals surface area contributed by atoms with Crippen LogP contribution < -0.4 is 5.32 Å². The Hall–Kier alpha value is -1.38. The number of nitrogens with one attached hydrogen (secondary N) is 1. The fourth-order valence-corrected chi connectivity index (χ4v) is 2.92. The van der Waals surface area contributed by atoms with Gasteiger partial charge in [0.1, 0.15) is 5.01 Å². The first-order chi connectivity index (χ1) is 8.58. The zero-order valence-corrected chi connectivity index (χ0v) is 12.5. The molecule has 1 atom stereocenters. The molecule has 2 rings (SSSR count). The Morgan fingerprint density at radius 1 is 1.44 bits per heavy atom. The Balaban J connectivity index is 2.19. The largest absolute Gasteiger partial charge is 0.376 e. The molecule has 2 aromatic rings. The van der Waals surface area contributed by atoms with Gasteiger partial charge in [0.05, 0.1) is 17.7 Å². The molecule has 0 aliphatic rings. The van der Waals surface area contributed by atoms with E-state index in [1.165, 1.54) is 0 Å². The lowest BCUT2D eigenvalue weighted by molar-refractivity contribution is 0.864. The van der Waals surface area contributed by atoms with Crippen molar-refractivity contribution >= 4 is 33.0 Å². The van der Waals surface area contributed by atoms with E-state index in [2.05, 4.69) is 39.2 Å². The highest BCUT2D eigenvalue weighted by atomic mass is 79.9. The Kier molecular flexibility index (Phi) is 4.00. The highest BCUT2D eigenvalue weighted by molar-refractivity contribution is 9.10. The Labute approximate surface area is 119 Å². The first-order valence-corrected chi connectivity index (χ1v) is 7.15. The second-order valence-corrected chi connectivity index (χ2v) is 5.84. The maximum atomic E-state index is 8.93. The quantitative estimate of drug-likeness (QED) is 0.918. The minimum Gasteiger partial charge on any atom is -0.376 e. The van der Waals surface area contributed by atoms with Gasteiger partial charge in [0.15, 0.2) is 0 Å². The number of benzene rings is 1. The van der Waals surface area contributed by atoms with Crippen LogP contribution in [0.5, 0.6) is 0 Å². The Morgan fingerprint density at radius 2 is 2.22 bits per heavy atom. The number of halogens is 1. The molecule has 0 aliphatic carbocycles. The highest BCUT2D eigenvalue weighted by Gasteiger charge is 2.10. The summed E-state index contributed by atoms with van der Waals surface area (Å²) >= 11 is 5.04. The van der Waals surface area contributed by atoms with Gasteiger partial charge in [0.25, 0.3) is 0 Å². The number of anilines is 1. The maximum absolute atomic E-state index is 8.93. The summed E-state index contributed by atoms with van der Waals surface area (Å²) in [6, 6.07) is 7.86. The molecular formula is C13H12BrN3S. The Bertz CT molecular complexity index is 601. The highest BCUT2D eigenvalue weighted by Crippen LogP contribution is 2.25. The van der Waals surface area contributed by atoms with Gasteiger partial charge in [-0.25, -0.2) is 4.98 Å². The number of aromatic nitrogens is 1. The predicted octanol–water partition coefficient (Wildman–Crippen LogP) is 4.26. The number of hydrogen-bond acceptors (Lipinski definition) is 4. The molecule has 0 spiro atoms. The number of thiazole rings is 1. The van der Waals surface area contributed by atoms with Crippen molar-refractivity contribution in [2.45, 2.75) is 19.9 Å². The first-order valence-electron chi connectivity index (χ1n) is 5.48. The number of rotatable bonds is 3. The zero-order valence-electron chi connectivity index (χ0n) is 10.1. The van der Waals surface area contributed by atoms with E-state index in [-0.39, 0.29) is 6.04 Å². The molecule has 0 radical (unpaired) electrons. The second kappa shape index (κ2) is 5.51. The third-order valence-electron chi connectivity index (χ3n) is 2.42. The minimum atomic E-state index is 0.129. The van der Waals surface area contributed by atoms with Crippen LogP contribution in [0.25, 0.3) is 0 Å². The van der Waals surface area contributed by atoms with Crippen LogP contribution in [0.4, 0.5) is 5.69 Å². The van der Waals surface area contributed by atoms with Crippen LogP contribution in [0.15, 0.2) is 28.1 Å². The maximum Gasteiger partial charge on any atom is 0.115 e. The van der Waals surface area contributed by atoms with Crippen molar-refractivity contribution < 1.29 is 0 Å². The van der Waals surface area contributed by atoms with E-state index in [1.54, 1.807) is 17.4 Å². The lowest BCUT2D eigenvalue weighted by atomic mass is 10.2. The van der Waals surface area contributed by atoms with E-state index in [4.69, 9.17) is 5.26 Å². The molecule has 0 fully saturated rings. The monoisotopic (exact) mass is 321 g/mol. The van der Waals surface area contributed by atoms with Crippen molar-refractivity contribution in [3.63, 3.8) is 0 Å². The van der Waals surface area contributed by atoms with Gasteiger partial charge in [-0.2, -0.15) is 5.26 Å². The van der Waals surface area contributed by atoms with Gasteiger partial charge >= 0.3 is 0 Å². The lowest BCUT2D eigenvalue weighted by Gasteiger charge is -2.13. The van der Waals surface area contributed by atoms with Crippen molar-refractivity contribution in [2.24, 2.45) is 0 Å². The van der Waals surface area contributed by atoms with E-state index in [0.717, 1.165) is 20.9 Å². The number of nitriles is 1. The fraction of sp³-hybridized carbons (Fsp3) is 0.231. The van der Waals surface area contributed by atoms with E-state index >= 15 is 0 Å². The van der Waals surface area contributed by atoms with Crippen LogP contribution in [-0.4, -0.2) is 4.98 Å². The molecule has 0 amide bonds. The molecule has 0 bridgehead atoms. The molecule has 3 nitrogen and oxygen atoms in total. The molecule has 1 unspecified atom stereocenters. The Morgan fingerprint density at radius 3 is 2.83 bits per heavy atom. The van der Waals surface area contributed by atoms with Crippen molar-refractivity contribution in [2.75, 3.05) is 5.32 Å². The standard InChI is InChI=1S/C13H12BrN3S/c1-8-7-18-13(16-8)9(2)17-12-4-10(6-15)3-11(14)5-12/h3-5,7,9,17H,1-2H3. The van der Waals surface area contributed by atoms with Gasteiger partial charge in [-0.3, -0.25) is 0 Å². The van der Waals surface area contributed by atoms with E-state index in [9.17, 15) is 0 Å². The molecule has 0 saturated heterocycles. The van der Waals surface area contributed by atoms with Gasteiger partial charge in [-0.05, 0) is 32.0 Å². The van der Waals surface area contributed by atoms with Gasteiger partial charge in [-0.1, -0.05) is 15.9 Å². The van der Waals surface area contributed by atoms with E-state index in [1.807, 2.05) is 24.4 Å². The second-order valence-electron chi connectivity index (χ2n) is 4.03. The summed E-state index contributed by atoms with van der Waals surface area (Å²) in [7, 11) is 0.